The molecule has 8 heteroatoms. The summed E-state index contributed by atoms with van der Waals surface area (Å²) in [6.07, 6.45) is 0. The van der Waals surface area contributed by atoms with Crippen molar-refractivity contribution in [2.75, 3.05) is 5.32 Å². The van der Waals surface area contributed by atoms with Crippen LogP contribution < -0.4 is 5.32 Å². The molecule has 0 spiro atoms. The molecular weight excluding hydrogens is 329 g/mol. The van der Waals surface area contributed by atoms with Gasteiger partial charge in [-0.05, 0) is 30.3 Å². The van der Waals surface area contributed by atoms with Gasteiger partial charge in [0.2, 0.25) is 0 Å². The van der Waals surface area contributed by atoms with Crippen LogP contribution in [0.2, 0.25) is 5.02 Å². The number of benzene rings is 2. The summed E-state index contributed by atoms with van der Waals surface area (Å²) in [6.45, 7) is 0. The summed E-state index contributed by atoms with van der Waals surface area (Å²) in [6, 6.07) is 6.73. The van der Waals surface area contributed by atoms with E-state index in [1.54, 1.807) is 0 Å². The number of halogens is 2. The zero-order chi connectivity index (χ0) is 17.1. The Morgan fingerprint density at radius 2 is 1.57 bits per heavy atom. The summed E-state index contributed by atoms with van der Waals surface area (Å²) in [5, 5.41) is 20.0. The largest absolute Gasteiger partial charge is 0.478 e. The normalized spacial score (nSPS) is 10.2. The molecule has 23 heavy (non-hydrogen) atoms. The minimum Gasteiger partial charge on any atom is -0.478 e. The van der Waals surface area contributed by atoms with Gasteiger partial charge in [-0.25, -0.2) is 14.0 Å². The number of amides is 1. The third-order valence-corrected chi connectivity index (χ3v) is 3.19. The maximum absolute atomic E-state index is 13.7. The molecule has 2 rings (SSSR count). The lowest BCUT2D eigenvalue weighted by atomic mass is 10.1. The number of nitrogens with one attached hydrogen (secondary N) is 1. The van der Waals surface area contributed by atoms with Crippen LogP contribution in [0, 0.1) is 5.82 Å². The number of carboxylic acid groups (broad SMARTS) is 2. The summed E-state index contributed by atoms with van der Waals surface area (Å²) in [5.74, 6) is -4.52. The monoisotopic (exact) mass is 337 g/mol. The van der Waals surface area contributed by atoms with Crippen LogP contribution >= 0.6 is 11.6 Å². The number of hydrogen-bond acceptors (Lipinski definition) is 3. The van der Waals surface area contributed by atoms with Gasteiger partial charge in [-0.3, -0.25) is 4.79 Å². The zero-order valence-electron chi connectivity index (χ0n) is 11.3. The van der Waals surface area contributed by atoms with Gasteiger partial charge in [0.05, 0.1) is 21.7 Å². The van der Waals surface area contributed by atoms with Gasteiger partial charge in [-0.2, -0.15) is 0 Å². The first kappa shape index (κ1) is 16.4. The lowest BCUT2D eigenvalue weighted by molar-refractivity contribution is 0.0696. The van der Waals surface area contributed by atoms with Crippen molar-refractivity contribution >= 4 is 35.1 Å². The molecule has 0 bridgehead atoms. The van der Waals surface area contributed by atoms with Crippen LogP contribution in [0.4, 0.5) is 10.1 Å². The molecule has 0 aliphatic rings. The van der Waals surface area contributed by atoms with Crippen LogP contribution in [0.3, 0.4) is 0 Å². The highest BCUT2D eigenvalue weighted by Crippen LogP contribution is 2.22. The molecule has 0 aliphatic heterocycles. The molecule has 2 aromatic carbocycles. The van der Waals surface area contributed by atoms with E-state index >= 15 is 0 Å². The van der Waals surface area contributed by atoms with Crippen LogP contribution in [0.1, 0.15) is 31.1 Å². The van der Waals surface area contributed by atoms with Gasteiger partial charge in [0.1, 0.15) is 5.82 Å². The molecule has 0 aliphatic carbocycles. The molecule has 0 fully saturated rings. The third kappa shape index (κ3) is 3.64. The molecule has 0 saturated carbocycles. The quantitative estimate of drug-likeness (QED) is 0.795. The highest BCUT2D eigenvalue weighted by atomic mass is 35.5. The number of aromatic carboxylic acids is 2. The first-order valence-electron chi connectivity index (χ1n) is 6.16. The summed E-state index contributed by atoms with van der Waals surface area (Å²) in [5.41, 5.74) is -1.20. The minimum atomic E-state index is -1.37. The Balaban J connectivity index is 2.41. The van der Waals surface area contributed by atoms with E-state index in [9.17, 15) is 18.8 Å². The Bertz CT molecular complexity index is 769. The molecule has 0 saturated heterocycles. The van der Waals surface area contributed by atoms with E-state index in [2.05, 4.69) is 5.32 Å². The molecule has 0 atom stereocenters. The van der Waals surface area contributed by atoms with Crippen molar-refractivity contribution in [1.82, 2.24) is 0 Å². The number of carbonyl (C=O) groups excluding carboxylic acids is 1. The Morgan fingerprint density at radius 1 is 1.00 bits per heavy atom. The van der Waals surface area contributed by atoms with E-state index in [1.807, 2.05) is 0 Å². The molecule has 6 nitrogen and oxygen atoms in total. The molecule has 0 heterocycles. The summed E-state index contributed by atoms with van der Waals surface area (Å²) in [7, 11) is 0. The fraction of sp³-hybridized carbons (Fsp3) is 0. The second kappa shape index (κ2) is 6.45. The maximum Gasteiger partial charge on any atom is 0.335 e. The van der Waals surface area contributed by atoms with Gasteiger partial charge in [-0.1, -0.05) is 17.7 Å². The molecule has 0 unspecified atom stereocenters. The van der Waals surface area contributed by atoms with Gasteiger partial charge in [0.15, 0.2) is 0 Å². The molecule has 2 aromatic rings. The van der Waals surface area contributed by atoms with Crippen molar-refractivity contribution < 1.29 is 29.0 Å². The predicted molar refractivity (Wildman–Crippen MR) is 79.7 cm³/mol. The molecular formula is C15H9ClFNO5. The summed E-state index contributed by atoms with van der Waals surface area (Å²) in [4.78, 5) is 34.1. The average molecular weight is 338 g/mol. The van der Waals surface area contributed by atoms with E-state index in [0.717, 1.165) is 24.3 Å². The van der Waals surface area contributed by atoms with Crippen molar-refractivity contribution in [3.8, 4) is 0 Å². The maximum atomic E-state index is 13.7. The lowest BCUT2D eigenvalue weighted by Crippen LogP contribution is -2.15. The minimum absolute atomic E-state index is 0.105. The molecule has 0 radical (unpaired) electrons. The number of rotatable bonds is 4. The van der Waals surface area contributed by atoms with Crippen LogP contribution in [-0.2, 0) is 0 Å². The Labute approximate surface area is 134 Å². The van der Waals surface area contributed by atoms with Crippen LogP contribution in [0.25, 0.3) is 0 Å². The van der Waals surface area contributed by atoms with Gasteiger partial charge in [0.25, 0.3) is 5.91 Å². The number of anilines is 1. The molecule has 3 N–H and O–H groups in total. The standard InChI is InChI=1S/C15H9ClFNO5/c16-10-2-1-3-11(17)12(10)13(19)18-9-5-7(14(20)21)4-8(6-9)15(22)23/h1-6H,(H,18,19)(H,20,21)(H,22,23). The van der Waals surface area contributed by atoms with Crippen molar-refractivity contribution in [1.29, 1.82) is 0 Å². The fourth-order valence-electron chi connectivity index (χ4n) is 1.86. The second-order valence-electron chi connectivity index (χ2n) is 4.46. The van der Waals surface area contributed by atoms with E-state index in [1.165, 1.54) is 12.1 Å². The van der Waals surface area contributed by atoms with E-state index in [4.69, 9.17) is 21.8 Å². The van der Waals surface area contributed by atoms with E-state index in [0.29, 0.717) is 0 Å². The lowest BCUT2D eigenvalue weighted by Gasteiger charge is -2.09. The number of carbonyl (C=O) groups is 3. The van der Waals surface area contributed by atoms with Gasteiger partial charge in [-0.15, -0.1) is 0 Å². The van der Waals surface area contributed by atoms with Gasteiger partial charge < -0.3 is 15.5 Å². The smallest absolute Gasteiger partial charge is 0.335 e. The van der Waals surface area contributed by atoms with E-state index < -0.39 is 29.2 Å². The van der Waals surface area contributed by atoms with Crippen molar-refractivity contribution in [3.05, 3.63) is 63.9 Å². The fourth-order valence-corrected chi connectivity index (χ4v) is 2.10. The second-order valence-corrected chi connectivity index (χ2v) is 4.87. The van der Waals surface area contributed by atoms with Crippen LogP contribution in [-0.4, -0.2) is 28.1 Å². The summed E-state index contributed by atoms with van der Waals surface area (Å²) < 4.78 is 13.7. The third-order valence-electron chi connectivity index (χ3n) is 2.87. The molecule has 118 valence electrons. The Kier molecular flexibility index (Phi) is 4.61. The number of hydrogen-bond donors (Lipinski definition) is 3. The topological polar surface area (TPSA) is 104 Å². The predicted octanol–water partition coefficient (Wildman–Crippen LogP) is 3.13. The summed E-state index contributed by atoms with van der Waals surface area (Å²) >= 11 is 5.76. The molecule has 0 aromatic heterocycles. The van der Waals surface area contributed by atoms with Crippen molar-refractivity contribution in [2.45, 2.75) is 0 Å². The van der Waals surface area contributed by atoms with E-state index in [-0.39, 0.29) is 21.8 Å². The van der Waals surface area contributed by atoms with Gasteiger partial charge >= 0.3 is 11.9 Å². The zero-order valence-corrected chi connectivity index (χ0v) is 12.1. The Hall–Kier alpha value is -2.93. The highest BCUT2D eigenvalue weighted by Gasteiger charge is 2.18. The average Bonchev–Trinajstić information content (AvgIpc) is 2.46. The first-order chi connectivity index (χ1) is 10.8. The Morgan fingerprint density at radius 3 is 2.04 bits per heavy atom. The SMILES string of the molecule is O=C(O)c1cc(NC(=O)c2c(F)cccc2Cl)cc(C(=O)O)c1. The van der Waals surface area contributed by atoms with Gasteiger partial charge in [0, 0.05) is 5.69 Å². The van der Waals surface area contributed by atoms with Crippen LogP contribution in [0.15, 0.2) is 36.4 Å². The first-order valence-corrected chi connectivity index (χ1v) is 6.54. The highest BCUT2D eigenvalue weighted by molar-refractivity contribution is 6.34. The molecule has 1 amide bonds. The van der Waals surface area contributed by atoms with Crippen molar-refractivity contribution in [3.63, 3.8) is 0 Å². The van der Waals surface area contributed by atoms with Crippen molar-refractivity contribution in [2.24, 2.45) is 0 Å². The number of carboxylic acids is 2. The van der Waals surface area contributed by atoms with Crippen LogP contribution in [0.5, 0.6) is 0 Å².